The van der Waals surface area contributed by atoms with Crippen LogP contribution in [-0.2, 0) is 70.4 Å². The van der Waals surface area contributed by atoms with E-state index in [-0.39, 0.29) is 74.8 Å². The third-order valence-electron chi connectivity index (χ3n) is 11.4. The monoisotopic (exact) mass is 1080 g/mol. The molecule has 4 rings (SSSR count). The van der Waals surface area contributed by atoms with Gasteiger partial charge in [0, 0.05) is 37.4 Å². The molecule has 2 saturated heterocycles. The summed E-state index contributed by atoms with van der Waals surface area (Å²) < 4.78 is 0. The van der Waals surface area contributed by atoms with Gasteiger partial charge in [0.05, 0.1) is 19.4 Å². The maximum atomic E-state index is 14.6. The predicted molar refractivity (Wildman–Crippen MR) is 273 cm³/mol. The molecule has 2 aliphatic rings. The number of primary amides is 3. The minimum atomic E-state index is -1.79. The Bertz CT molecular complexity index is 2400. The molecule has 7 atom stereocenters. The zero-order valence-electron chi connectivity index (χ0n) is 40.8. The standard InChI is InChI=1S/C46H64N14O13S2/c47-35(62)15-14-29-40(67)57-31(22-36(48)63)42(69)58-33(45(72)60-18-5-9-34(60)44(71)55-28(8-4-17-52-46(50)51)39(66)53-23-37(49)64)24-75-74-19-16-38(65)73-59-32(21-26-10-12-27(61)13-11-26)43(70)56-30(41(68)54-29)20-25-6-2-1-3-7-25/h1-3,6-7,10-13,28-34,59,61H,4-5,8-9,14-24H2,(H2,47,62)(H2,48,63)(H2,49,64)(H,53,66)(H,54,68)(H,55,71)(H,56,70)(H,57,67)(H,58,69)(H4,50,51,52)/t28-,29?,30?,31?,32+,33+,34+/m1/s1. The number of aromatic hydroxyl groups is 1. The molecule has 2 fully saturated rings. The van der Waals surface area contributed by atoms with Crippen LogP contribution in [0.4, 0.5) is 0 Å². The maximum Gasteiger partial charge on any atom is 0.325 e. The summed E-state index contributed by atoms with van der Waals surface area (Å²) in [6.45, 7) is -0.419. The Morgan fingerprint density at radius 3 is 2.05 bits per heavy atom. The largest absolute Gasteiger partial charge is 0.508 e. The van der Waals surface area contributed by atoms with Gasteiger partial charge in [-0.1, -0.05) is 64.1 Å². The van der Waals surface area contributed by atoms with Crippen LogP contribution in [0.5, 0.6) is 5.75 Å². The molecule has 0 radical (unpaired) electrons. The smallest absolute Gasteiger partial charge is 0.325 e. The highest BCUT2D eigenvalue weighted by atomic mass is 33.1. The Kier molecular flexibility index (Phi) is 24.4. The molecule has 2 aromatic rings. The van der Waals surface area contributed by atoms with Gasteiger partial charge in [-0.2, -0.15) is 0 Å². The first-order valence-corrected chi connectivity index (χ1v) is 26.2. The summed E-state index contributed by atoms with van der Waals surface area (Å²) in [5.74, 6) is -10.2. The molecule has 2 aromatic carbocycles. The number of hydroxylamine groups is 1. The number of amides is 10. The number of phenolic OH excluding ortho intramolecular Hbond substituents is 1. The van der Waals surface area contributed by atoms with Crippen molar-refractivity contribution < 1.29 is 62.7 Å². The van der Waals surface area contributed by atoms with Gasteiger partial charge in [0.1, 0.15) is 48.0 Å². The van der Waals surface area contributed by atoms with Crippen molar-refractivity contribution in [2.45, 2.75) is 107 Å². The molecular weight excluding hydrogens is 1020 g/mol. The molecule has 27 nitrogen and oxygen atoms in total. The first-order chi connectivity index (χ1) is 35.7. The number of rotatable bonds is 19. The molecular formula is C46H64N14O13S2. The molecule has 18 N–H and O–H groups in total. The molecule has 10 amide bonds. The third-order valence-corrected chi connectivity index (χ3v) is 13.9. The number of nitrogens with zero attached hydrogens (tertiary/aromatic N) is 2. The van der Waals surface area contributed by atoms with E-state index < -0.39 is 133 Å². The average molecular weight is 1090 g/mol. The summed E-state index contributed by atoms with van der Waals surface area (Å²) >= 11 is 0. The van der Waals surface area contributed by atoms with Gasteiger partial charge < -0.3 is 75.4 Å². The Labute approximate surface area is 438 Å². The molecule has 3 unspecified atom stereocenters. The minimum absolute atomic E-state index is 0.00758. The van der Waals surface area contributed by atoms with Gasteiger partial charge in [-0.25, -0.2) is 0 Å². The lowest BCUT2D eigenvalue weighted by Gasteiger charge is -2.30. The summed E-state index contributed by atoms with van der Waals surface area (Å²) in [4.78, 5) is 158. The van der Waals surface area contributed by atoms with Crippen LogP contribution >= 0.6 is 21.6 Å². The highest BCUT2D eigenvalue weighted by Gasteiger charge is 2.40. The number of nitrogens with two attached hydrogens (primary N) is 5. The Morgan fingerprint density at radius 1 is 0.760 bits per heavy atom. The summed E-state index contributed by atoms with van der Waals surface area (Å²) in [6.07, 6.45) is -1.54. The molecule has 0 aliphatic carbocycles. The van der Waals surface area contributed by atoms with E-state index in [9.17, 15) is 57.8 Å². The van der Waals surface area contributed by atoms with Crippen molar-refractivity contribution in [3.8, 4) is 5.75 Å². The number of phenols is 1. The normalized spacial score (nSPS) is 21.8. The average Bonchev–Trinajstić information content (AvgIpc) is 3.86. The summed E-state index contributed by atoms with van der Waals surface area (Å²) in [5, 5.41) is 25.0. The van der Waals surface area contributed by atoms with Crippen LogP contribution in [0.15, 0.2) is 59.6 Å². The van der Waals surface area contributed by atoms with Crippen molar-refractivity contribution in [2.75, 3.05) is 31.1 Å². The van der Waals surface area contributed by atoms with Crippen LogP contribution in [0.1, 0.15) is 62.5 Å². The molecule has 0 saturated carbocycles. The lowest BCUT2D eigenvalue weighted by atomic mass is 10.0. The maximum absolute atomic E-state index is 14.6. The molecule has 408 valence electrons. The second-order valence-electron chi connectivity index (χ2n) is 17.4. The first-order valence-electron chi connectivity index (χ1n) is 23.7. The quantitative estimate of drug-likeness (QED) is 0.0273. The van der Waals surface area contributed by atoms with Gasteiger partial charge in [-0.15, -0.1) is 5.48 Å². The van der Waals surface area contributed by atoms with Gasteiger partial charge in [0.15, 0.2) is 5.96 Å². The van der Waals surface area contributed by atoms with Crippen LogP contribution in [0.25, 0.3) is 0 Å². The SMILES string of the molecule is NC(=O)CCC1NC(=O)C(Cc2ccccc2)NC(=O)[C@H](Cc2ccc(O)cc2)NOC(=O)CCSSC[C@@H](C(=O)N2CCC[C@H]2C(=O)N[C@H](CCCN=C(N)N)C(=O)NCC(N)=O)NC(=O)C(CC(N)=O)NC1=O. The van der Waals surface area contributed by atoms with E-state index in [2.05, 4.69) is 42.4 Å². The number of hydrogen-bond acceptors (Lipinski definition) is 17. The highest BCUT2D eigenvalue weighted by molar-refractivity contribution is 8.76. The molecule has 75 heavy (non-hydrogen) atoms. The zero-order valence-corrected chi connectivity index (χ0v) is 42.4. The lowest BCUT2D eigenvalue weighted by molar-refractivity contribution is -0.154. The van der Waals surface area contributed by atoms with Gasteiger partial charge in [-0.3, -0.25) is 57.7 Å². The van der Waals surface area contributed by atoms with E-state index in [0.717, 1.165) is 21.6 Å². The number of guanidine groups is 1. The zero-order chi connectivity index (χ0) is 55.0. The van der Waals surface area contributed by atoms with Crippen molar-refractivity contribution in [3.63, 3.8) is 0 Å². The molecule has 0 spiro atoms. The molecule has 29 heteroatoms. The van der Waals surface area contributed by atoms with Crippen molar-refractivity contribution in [1.82, 2.24) is 42.3 Å². The second kappa shape index (κ2) is 30.5. The number of aliphatic imine (C=N–C) groups is 1. The number of carbonyl (C=O) groups is 11. The van der Waals surface area contributed by atoms with Crippen LogP contribution in [0.3, 0.4) is 0 Å². The number of likely N-dealkylation sites (tertiary alicyclic amines) is 1. The van der Waals surface area contributed by atoms with E-state index in [4.69, 9.17) is 33.5 Å². The molecule has 2 heterocycles. The Hall–Kier alpha value is -7.66. The highest BCUT2D eigenvalue weighted by Crippen LogP contribution is 2.26. The van der Waals surface area contributed by atoms with Crippen LogP contribution in [-0.4, -0.2) is 154 Å². The number of hydrogen-bond donors (Lipinski definition) is 13. The molecule has 0 bridgehead atoms. The van der Waals surface area contributed by atoms with Gasteiger partial charge >= 0.3 is 5.97 Å². The van der Waals surface area contributed by atoms with E-state index in [0.29, 0.717) is 17.5 Å². The van der Waals surface area contributed by atoms with E-state index in [1.54, 1.807) is 30.3 Å². The molecule has 2 aliphatic heterocycles. The van der Waals surface area contributed by atoms with E-state index in [1.165, 1.54) is 29.2 Å². The van der Waals surface area contributed by atoms with Crippen molar-refractivity contribution in [2.24, 2.45) is 33.7 Å². The van der Waals surface area contributed by atoms with E-state index in [1.807, 2.05) is 0 Å². The van der Waals surface area contributed by atoms with Crippen molar-refractivity contribution in [3.05, 3.63) is 65.7 Å². The number of carbonyl (C=O) groups excluding carboxylic acids is 11. The third kappa shape index (κ3) is 21.0. The van der Waals surface area contributed by atoms with E-state index >= 15 is 0 Å². The minimum Gasteiger partial charge on any atom is -0.508 e. The van der Waals surface area contributed by atoms with Crippen LogP contribution in [0, 0.1) is 0 Å². The second-order valence-corrected chi connectivity index (χ2v) is 20.0. The lowest BCUT2D eigenvalue weighted by Crippen LogP contribution is -2.61. The van der Waals surface area contributed by atoms with Crippen molar-refractivity contribution >= 4 is 92.6 Å². The van der Waals surface area contributed by atoms with Gasteiger partial charge in [0.2, 0.25) is 59.1 Å². The predicted octanol–water partition coefficient (Wildman–Crippen LogP) is -4.41. The number of nitrogens with one attached hydrogen (secondary N) is 7. The fourth-order valence-electron chi connectivity index (χ4n) is 7.67. The van der Waals surface area contributed by atoms with Crippen molar-refractivity contribution in [1.29, 1.82) is 0 Å². The summed E-state index contributed by atoms with van der Waals surface area (Å²) in [5.41, 5.74) is 30.6. The first kappa shape index (κ1) is 59.9. The Balaban J connectivity index is 1.68. The fraction of sp³-hybridized carbons (Fsp3) is 0.478. The summed E-state index contributed by atoms with van der Waals surface area (Å²) in [6, 6.07) is 4.24. The Morgan fingerprint density at radius 2 is 1.39 bits per heavy atom. The topological polar surface area (TPSA) is 447 Å². The number of benzene rings is 2. The van der Waals surface area contributed by atoms with Gasteiger partial charge in [-0.05, 0) is 61.8 Å². The summed E-state index contributed by atoms with van der Waals surface area (Å²) in [7, 11) is 2.12. The van der Waals surface area contributed by atoms with Gasteiger partial charge in [0.25, 0.3) is 0 Å². The fourth-order valence-corrected chi connectivity index (χ4v) is 9.80. The molecule has 0 aromatic heterocycles. The van der Waals surface area contributed by atoms with Crippen LogP contribution in [0.2, 0.25) is 0 Å². The van der Waals surface area contributed by atoms with Crippen LogP contribution < -0.4 is 66.0 Å².